The third-order valence-electron chi connectivity index (χ3n) is 4.53. The Bertz CT molecular complexity index is 840. The lowest BCUT2D eigenvalue weighted by atomic mass is 10.1. The van der Waals surface area contributed by atoms with Gasteiger partial charge in [0.25, 0.3) is 0 Å². The molecule has 156 valence electrons. The summed E-state index contributed by atoms with van der Waals surface area (Å²) in [6.45, 7) is 2.94. The van der Waals surface area contributed by atoms with Crippen LogP contribution in [0.15, 0.2) is 42.5 Å². The SMILES string of the molecule is CCc1ccc(CN(C)CC(=O)N(C)CC(=O)Nc2cc(Cl)ccc2OC)cc1. The molecule has 0 radical (unpaired) electrons. The van der Waals surface area contributed by atoms with Crippen LogP contribution in [0.4, 0.5) is 5.69 Å². The lowest BCUT2D eigenvalue weighted by Gasteiger charge is -2.22. The third-order valence-corrected chi connectivity index (χ3v) is 4.77. The summed E-state index contributed by atoms with van der Waals surface area (Å²) in [5.41, 5.74) is 2.90. The number of aryl methyl sites for hydroxylation is 1. The zero-order valence-electron chi connectivity index (χ0n) is 17.4. The first kappa shape index (κ1) is 22.7. The molecule has 0 aliphatic rings. The Labute approximate surface area is 177 Å². The van der Waals surface area contributed by atoms with Crippen molar-refractivity contribution in [1.29, 1.82) is 0 Å². The molecule has 0 atom stereocenters. The number of likely N-dealkylation sites (N-methyl/N-ethyl adjacent to an activating group) is 2. The van der Waals surface area contributed by atoms with Crippen LogP contribution in [0.3, 0.4) is 0 Å². The summed E-state index contributed by atoms with van der Waals surface area (Å²) in [6.07, 6.45) is 1.00. The van der Waals surface area contributed by atoms with Crippen LogP contribution < -0.4 is 10.1 Å². The third kappa shape index (κ3) is 7.07. The maximum Gasteiger partial charge on any atom is 0.244 e. The summed E-state index contributed by atoms with van der Waals surface area (Å²) in [4.78, 5) is 28.1. The van der Waals surface area contributed by atoms with E-state index in [1.807, 2.05) is 11.9 Å². The van der Waals surface area contributed by atoms with Crippen molar-refractivity contribution in [2.75, 3.05) is 39.6 Å². The topological polar surface area (TPSA) is 61.9 Å². The van der Waals surface area contributed by atoms with Gasteiger partial charge in [0.2, 0.25) is 11.8 Å². The van der Waals surface area contributed by atoms with Crippen LogP contribution in [0, 0.1) is 0 Å². The fourth-order valence-corrected chi connectivity index (χ4v) is 3.04. The molecule has 0 saturated heterocycles. The highest BCUT2D eigenvalue weighted by Gasteiger charge is 2.16. The number of methoxy groups -OCH3 is 1. The van der Waals surface area contributed by atoms with Crippen LogP contribution in [0.2, 0.25) is 5.02 Å². The van der Waals surface area contributed by atoms with E-state index < -0.39 is 0 Å². The molecule has 0 spiro atoms. The van der Waals surface area contributed by atoms with E-state index >= 15 is 0 Å². The van der Waals surface area contributed by atoms with Gasteiger partial charge in [0.15, 0.2) is 0 Å². The monoisotopic (exact) mass is 417 g/mol. The molecule has 0 aromatic heterocycles. The molecule has 2 amide bonds. The van der Waals surface area contributed by atoms with Gasteiger partial charge in [0, 0.05) is 18.6 Å². The van der Waals surface area contributed by atoms with Crippen LogP contribution in [0.25, 0.3) is 0 Å². The number of halogens is 1. The van der Waals surface area contributed by atoms with Gasteiger partial charge in [-0.1, -0.05) is 42.8 Å². The molecule has 0 saturated carbocycles. The Morgan fingerprint density at radius 1 is 1.03 bits per heavy atom. The highest BCUT2D eigenvalue weighted by molar-refractivity contribution is 6.31. The van der Waals surface area contributed by atoms with Crippen LogP contribution in [0.5, 0.6) is 5.75 Å². The van der Waals surface area contributed by atoms with Crippen molar-refractivity contribution >= 4 is 29.1 Å². The van der Waals surface area contributed by atoms with Crippen molar-refractivity contribution in [1.82, 2.24) is 9.80 Å². The summed E-state index contributed by atoms with van der Waals surface area (Å²) in [5.74, 6) is 0.0515. The number of carbonyl (C=O) groups is 2. The van der Waals surface area contributed by atoms with Crippen molar-refractivity contribution in [2.24, 2.45) is 0 Å². The van der Waals surface area contributed by atoms with E-state index in [4.69, 9.17) is 16.3 Å². The fourth-order valence-electron chi connectivity index (χ4n) is 2.87. The lowest BCUT2D eigenvalue weighted by molar-refractivity contribution is -0.134. The predicted octanol–water partition coefficient (Wildman–Crippen LogP) is 3.44. The molecule has 2 aromatic carbocycles. The minimum absolute atomic E-state index is 0.0620. The van der Waals surface area contributed by atoms with Crippen molar-refractivity contribution in [3.05, 3.63) is 58.6 Å². The zero-order chi connectivity index (χ0) is 21.4. The van der Waals surface area contributed by atoms with Gasteiger partial charge in [-0.15, -0.1) is 0 Å². The Morgan fingerprint density at radius 2 is 1.69 bits per heavy atom. The molecular formula is C22H28ClN3O3. The number of amides is 2. The summed E-state index contributed by atoms with van der Waals surface area (Å²) < 4.78 is 5.22. The Balaban J connectivity index is 1.86. The molecule has 6 nitrogen and oxygen atoms in total. The van der Waals surface area contributed by atoms with Gasteiger partial charge in [0.05, 0.1) is 25.9 Å². The molecule has 0 unspecified atom stereocenters. The number of nitrogens with zero attached hydrogens (tertiary/aromatic N) is 2. The van der Waals surface area contributed by atoms with Gasteiger partial charge in [-0.05, 0) is 42.8 Å². The molecular weight excluding hydrogens is 390 g/mol. The molecule has 0 fully saturated rings. The van der Waals surface area contributed by atoms with Gasteiger partial charge in [-0.3, -0.25) is 14.5 Å². The second kappa shape index (κ2) is 10.8. The molecule has 0 bridgehead atoms. The molecule has 2 aromatic rings. The second-order valence-corrected chi connectivity index (χ2v) is 7.42. The minimum atomic E-state index is -0.320. The Hall–Kier alpha value is -2.57. The highest BCUT2D eigenvalue weighted by atomic mass is 35.5. The maximum atomic E-state index is 12.5. The summed E-state index contributed by atoms with van der Waals surface area (Å²) >= 11 is 5.98. The highest BCUT2D eigenvalue weighted by Crippen LogP contribution is 2.27. The molecule has 7 heteroatoms. The van der Waals surface area contributed by atoms with Gasteiger partial charge in [-0.25, -0.2) is 0 Å². The summed E-state index contributed by atoms with van der Waals surface area (Å²) in [7, 11) is 5.01. The minimum Gasteiger partial charge on any atom is -0.495 e. The van der Waals surface area contributed by atoms with Crippen LogP contribution in [0.1, 0.15) is 18.1 Å². The number of nitrogens with one attached hydrogen (secondary N) is 1. The number of benzene rings is 2. The van der Waals surface area contributed by atoms with Gasteiger partial charge in [-0.2, -0.15) is 0 Å². The maximum absolute atomic E-state index is 12.5. The van der Waals surface area contributed by atoms with Crippen LogP contribution >= 0.6 is 11.6 Å². The molecule has 0 heterocycles. The van der Waals surface area contributed by atoms with E-state index in [2.05, 4.69) is 36.5 Å². The number of hydrogen-bond acceptors (Lipinski definition) is 4. The van der Waals surface area contributed by atoms with E-state index in [-0.39, 0.29) is 24.9 Å². The molecule has 1 N–H and O–H groups in total. The van der Waals surface area contributed by atoms with E-state index in [1.165, 1.54) is 17.6 Å². The normalized spacial score (nSPS) is 10.7. The number of carbonyl (C=O) groups excluding carboxylic acids is 2. The van der Waals surface area contributed by atoms with Gasteiger partial charge >= 0.3 is 0 Å². The predicted molar refractivity (Wildman–Crippen MR) is 116 cm³/mol. The van der Waals surface area contributed by atoms with Crippen LogP contribution in [-0.4, -0.2) is 55.9 Å². The average molecular weight is 418 g/mol. The average Bonchev–Trinajstić information content (AvgIpc) is 2.68. The van der Waals surface area contributed by atoms with Crippen molar-refractivity contribution < 1.29 is 14.3 Å². The summed E-state index contributed by atoms with van der Waals surface area (Å²) in [6, 6.07) is 13.3. The number of ether oxygens (including phenoxy) is 1. The van der Waals surface area contributed by atoms with E-state index in [0.717, 1.165) is 12.0 Å². The van der Waals surface area contributed by atoms with Gasteiger partial charge < -0.3 is 15.0 Å². The number of hydrogen-bond donors (Lipinski definition) is 1. The van der Waals surface area contributed by atoms with Crippen molar-refractivity contribution in [3.8, 4) is 5.75 Å². The lowest BCUT2D eigenvalue weighted by Crippen LogP contribution is -2.40. The van der Waals surface area contributed by atoms with E-state index in [1.54, 1.807) is 25.2 Å². The van der Waals surface area contributed by atoms with Crippen LogP contribution in [-0.2, 0) is 22.6 Å². The smallest absolute Gasteiger partial charge is 0.244 e. The number of rotatable bonds is 9. The summed E-state index contributed by atoms with van der Waals surface area (Å²) in [5, 5.41) is 3.22. The Morgan fingerprint density at radius 3 is 2.31 bits per heavy atom. The molecule has 0 aliphatic carbocycles. The first-order chi connectivity index (χ1) is 13.8. The number of anilines is 1. The quantitative estimate of drug-likeness (QED) is 0.678. The molecule has 29 heavy (non-hydrogen) atoms. The van der Waals surface area contributed by atoms with Gasteiger partial charge in [0.1, 0.15) is 5.75 Å². The van der Waals surface area contributed by atoms with Crippen molar-refractivity contribution in [3.63, 3.8) is 0 Å². The zero-order valence-corrected chi connectivity index (χ0v) is 18.1. The van der Waals surface area contributed by atoms with Crippen molar-refractivity contribution in [2.45, 2.75) is 19.9 Å². The molecule has 2 rings (SSSR count). The van der Waals surface area contributed by atoms with E-state index in [0.29, 0.717) is 23.0 Å². The fraction of sp³-hybridized carbons (Fsp3) is 0.364. The standard InChI is InChI=1S/C22H28ClN3O3/c1-5-16-6-8-17(9-7-16)13-25(2)15-22(28)26(3)14-21(27)24-19-12-18(23)10-11-20(19)29-4/h6-12H,5,13-15H2,1-4H3,(H,24,27). The van der Waals surface area contributed by atoms with E-state index in [9.17, 15) is 9.59 Å². The first-order valence-electron chi connectivity index (χ1n) is 9.46. The Kier molecular flexibility index (Phi) is 8.49. The second-order valence-electron chi connectivity index (χ2n) is 6.98. The molecule has 0 aliphatic heterocycles. The first-order valence-corrected chi connectivity index (χ1v) is 9.84. The largest absolute Gasteiger partial charge is 0.495 e.